The number of nitriles is 1. The number of benzene rings is 1. The average molecular weight is 222 g/mol. The van der Waals surface area contributed by atoms with E-state index in [9.17, 15) is 4.39 Å². The molecule has 2 N–H and O–H groups in total. The fourth-order valence-electron chi connectivity index (χ4n) is 1.30. The number of rotatable bonds is 4. The normalized spacial score (nSPS) is 13.9. The van der Waals surface area contributed by atoms with E-state index in [1.807, 2.05) is 19.9 Å². The molecule has 0 spiro atoms. The zero-order chi connectivity index (χ0) is 12.1. The maximum atomic E-state index is 13.1. The lowest BCUT2D eigenvalue weighted by Crippen LogP contribution is -2.26. The van der Waals surface area contributed by atoms with E-state index < -0.39 is 5.82 Å². The predicted molar refractivity (Wildman–Crippen MR) is 60.4 cm³/mol. The lowest BCUT2D eigenvalue weighted by atomic mass is 10.0. The molecule has 0 radical (unpaired) electrons. The maximum absolute atomic E-state index is 13.1. The van der Waals surface area contributed by atoms with Crippen LogP contribution in [0.3, 0.4) is 0 Å². The van der Waals surface area contributed by atoms with Gasteiger partial charge < -0.3 is 10.4 Å². The van der Waals surface area contributed by atoms with Crippen LogP contribution in [0.15, 0.2) is 18.2 Å². The average Bonchev–Trinajstić information content (AvgIpc) is 2.26. The molecule has 2 atom stereocenters. The Morgan fingerprint density at radius 1 is 1.44 bits per heavy atom. The monoisotopic (exact) mass is 222 g/mol. The Labute approximate surface area is 94.5 Å². The van der Waals surface area contributed by atoms with Crippen LogP contribution in [0.1, 0.15) is 19.4 Å². The van der Waals surface area contributed by atoms with Crippen LogP contribution in [-0.2, 0) is 0 Å². The van der Waals surface area contributed by atoms with Crippen molar-refractivity contribution in [2.24, 2.45) is 5.92 Å². The fraction of sp³-hybridized carbons (Fsp3) is 0.417. The van der Waals surface area contributed by atoms with Gasteiger partial charge in [-0.1, -0.05) is 6.92 Å². The first kappa shape index (κ1) is 12.5. The summed E-state index contributed by atoms with van der Waals surface area (Å²) in [6.07, 6.45) is 0. The van der Waals surface area contributed by atoms with E-state index in [0.717, 1.165) is 0 Å². The number of anilines is 1. The molecule has 0 aromatic heterocycles. The van der Waals surface area contributed by atoms with Gasteiger partial charge in [0.05, 0.1) is 11.6 Å². The number of aliphatic hydroxyl groups excluding tert-OH is 1. The third kappa shape index (κ3) is 3.21. The first-order valence-electron chi connectivity index (χ1n) is 5.15. The highest BCUT2D eigenvalue weighted by molar-refractivity contribution is 5.50. The largest absolute Gasteiger partial charge is 0.396 e. The molecule has 0 amide bonds. The van der Waals surface area contributed by atoms with Crippen molar-refractivity contribution in [1.82, 2.24) is 0 Å². The van der Waals surface area contributed by atoms with E-state index in [4.69, 9.17) is 10.4 Å². The van der Waals surface area contributed by atoms with Crippen LogP contribution in [0.4, 0.5) is 10.1 Å². The van der Waals surface area contributed by atoms with Crippen molar-refractivity contribution < 1.29 is 9.50 Å². The van der Waals surface area contributed by atoms with Gasteiger partial charge in [0.1, 0.15) is 5.82 Å². The van der Waals surface area contributed by atoms with Gasteiger partial charge >= 0.3 is 0 Å². The molecule has 0 bridgehead atoms. The standard InChI is InChI=1S/C12H15FN2O/c1-8(7-16)9(2)15-12-4-10(6-14)3-11(13)5-12/h3-5,8-9,15-16H,7H2,1-2H3. The van der Waals surface area contributed by atoms with Gasteiger partial charge in [-0.3, -0.25) is 0 Å². The summed E-state index contributed by atoms with van der Waals surface area (Å²) in [5.74, 6) is -0.376. The van der Waals surface area contributed by atoms with Crippen LogP contribution in [-0.4, -0.2) is 17.8 Å². The Hall–Kier alpha value is -1.60. The molecule has 1 aromatic carbocycles. The van der Waals surface area contributed by atoms with Crippen molar-refractivity contribution >= 4 is 5.69 Å². The molecular weight excluding hydrogens is 207 g/mol. The minimum Gasteiger partial charge on any atom is -0.396 e. The van der Waals surface area contributed by atoms with Crippen molar-refractivity contribution in [3.8, 4) is 6.07 Å². The molecule has 0 aliphatic rings. The van der Waals surface area contributed by atoms with Gasteiger partial charge in [0.25, 0.3) is 0 Å². The summed E-state index contributed by atoms with van der Waals surface area (Å²) in [6, 6.07) is 6.02. The maximum Gasteiger partial charge on any atom is 0.126 e. The number of aliphatic hydroxyl groups is 1. The molecule has 3 nitrogen and oxygen atoms in total. The lowest BCUT2D eigenvalue weighted by molar-refractivity contribution is 0.226. The van der Waals surface area contributed by atoms with E-state index in [1.165, 1.54) is 12.1 Å². The minimum absolute atomic E-state index is 0.0124. The molecule has 16 heavy (non-hydrogen) atoms. The molecule has 0 aliphatic carbocycles. The number of nitrogens with one attached hydrogen (secondary N) is 1. The van der Waals surface area contributed by atoms with Crippen molar-refractivity contribution in [2.45, 2.75) is 19.9 Å². The zero-order valence-corrected chi connectivity index (χ0v) is 9.37. The molecule has 4 heteroatoms. The van der Waals surface area contributed by atoms with Gasteiger partial charge in [0, 0.05) is 18.3 Å². The molecule has 0 fully saturated rings. The third-order valence-electron chi connectivity index (χ3n) is 2.56. The molecule has 0 saturated heterocycles. The van der Waals surface area contributed by atoms with E-state index in [-0.39, 0.29) is 24.1 Å². The van der Waals surface area contributed by atoms with Gasteiger partial charge in [0.2, 0.25) is 0 Å². The van der Waals surface area contributed by atoms with Crippen molar-refractivity contribution in [3.05, 3.63) is 29.6 Å². The zero-order valence-electron chi connectivity index (χ0n) is 9.37. The second-order valence-corrected chi connectivity index (χ2v) is 3.93. The Bertz CT molecular complexity index is 400. The van der Waals surface area contributed by atoms with Crippen LogP contribution >= 0.6 is 0 Å². The van der Waals surface area contributed by atoms with Crippen LogP contribution in [0, 0.1) is 23.1 Å². The third-order valence-corrected chi connectivity index (χ3v) is 2.56. The molecule has 0 heterocycles. The van der Waals surface area contributed by atoms with Crippen LogP contribution in [0.5, 0.6) is 0 Å². The summed E-state index contributed by atoms with van der Waals surface area (Å²) >= 11 is 0. The van der Waals surface area contributed by atoms with Gasteiger partial charge in [0.15, 0.2) is 0 Å². The number of nitrogens with zero attached hydrogens (tertiary/aromatic N) is 1. The lowest BCUT2D eigenvalue weighted by Gasteiger charge is -2.20. The van der Waals surface area contributed by atoms with E-state index >= 15 is 0 Å². The highest BCUT2D eigenvalue weighted by Gasteiger charge is 2.11. The summed E-state index contributed by atoms with van der Waals surface area (Å²) in [5, 5.41) is 20.7. The Morgan fingerprint density at radius 3 is 2.69 bits per heavy atom. The topological polar surface area (TPSA) is 56.0 Å². The van der Waals surface area contributed by atoms with Gasteiger partial charge in [-0.15, -0.1) is 0 Å². The van der Waals surface area contributed by atoms with Crippen LogP contribution < -0.4 is 5.32 Å². The smallest absolute Gasteiger partial charge is 0.126 e. The Balaban J connectivity index is 2.81. The number of hydrogen-bond donors (Lipinski definition) is 2. The molecule has 86 valence electrons. The molecule has 1 aromatic rings. The minimum atomic E-state index is -0.439. The highest BCUT2D eigenvalue weighted by Crippen LogP contribution is 2.16. The summed E-state index contributed by atoms with van der Waals surface area (Å²) in [4.78, 5) is 0. The summed E-state index contributed by atoms with van der Waals surface area (Å²) in [5.41, 5.74) is 0.843. The van der Waals surface area contributed by atoms with Crippen LogP contribution in [0.2, 0.25) is 0 Å². The predicted octanol–water partition coefficient (Wildman–Crippen LogP) is 2.13. The molecule has 0 saturated carbocycles. The first-order valence-corrected chi connectivity index (χ1v) is 5.15. The second-order valence-electron chi connectivity index (χ2n) is 3.93. The van der Waals surface area contributed by atoms with Crippen molar-refractivity contribution in [2.75, 3.05) is 11.9 Å². The fourth-order valence-corrected chi connectivity index (χ4v) is 1.30. The summed E-state index contributed by atoms with van der Waals surface area (Å²) < 4.78 is 13.1. The van der Waals surface area contributed by atoms with E-state index in [1.54, 1.807) is 6.07 Å². The Morgan fingerprint density at radius 2 is 2.12 bits per heavy atom. The molecular formula is C12H15FN2O. The van der Waals surface area contributed by atoms with E-state index in [0.29, 0.717) is 5.69 Å². The second kappa shape index (κ2) is 5.47. The Kier molecular flexibility index (Phi) is 4.27. The van der Waals surface area contributed by atoms with Gasteiger partial charge in [-0.2, -0.15) is 5.26 Å². The molecule has 1 rings (SSSR count). The SMILES string of the molecule is CC(CO)C(C)Nc1cc(F)cc(C#N)c1. The van der Waals surface area contributed by atoms with Crippen LogP contribution in [0.25, 0.3) is 0 Å². The molecule has 0 aliphatic heterocycles. The molecule has 2 unspecified atom stereocenters. The number of halogens is 1. The summed E-state index contributed by atoms with van der Waals surface area (Å²) in [7, 11) is 0. The first-order chi connectivity index (χ1) is 7.56. The highest BCUT2D eigenvalue weighted by atomic mass is 19.1. The van der Waals surface area contributed by atoms with Crippen molar-refractivity contribution in [3.63, 3.8) is 0 Å². The quantitative estimate of drug-likeness (QED) is 0.820. The van der Waals surface area contributed by atoms with Crippen molar-refractivity contribution in [1.29, 1.82) is 5.26 Å². The van der Waals surface area contributed by atoms with Gasteiger partial charge in [-0.25, -0.2) is 4.39 Å². The number of hydrogen-bond acceptors (Lipinski definition) is 3. The van der Waals surface area contributed by atoms with Gasteiger partial charge in [-0.05, 0) is 31.0 Å². The van der Waals surface area contributed by atoms with E-state index in [2.05, 4.69) is 5.32 Å². The summed E-state index contributed by atoms with van der Waals surface area (Å²) in [6.45, 7) is 3.86.